The predicted octanol–water partition coefficient (Wildman–Crippen LogP) is 4.62. The summed E-state index contributed by atoms with van der Waals surface area (Å²) in [7, 11) is 0. The van der Waals surface area contributed by atoms with E-state index in [1.54, 1.807) is 30.3 Å². The standard InChI is InChI=1S/C25H17F3N2O5/c26-25(27,28)18-10-8-15(9-11-18)6-7-17-12-19-21(31)20(24(33)34)23(32)30(22(19)29-13-17)35-14-16-4-2-1-3-5-16/h1-13,31H,14H2,(H,33,34). The lowest BCUT2D eigenvalue weighted by Crippen LogP contribution is -2.32. The Bertz CT molecular complexity index is 1480. The van der Waals surface area contributed by atoms with Gasteiger partial charge in [0.25, 0.3) is 0 Å². The van der Waals surface area contributed by atoms with Crippen molar-refractivity contribution < 1.29 is 33.0 Å². The molecule has 0 saturated carbocycles. The lowest BCUT2D eigenvalue weighted by molar-refractivity contribution is -0.137. The number of aromatic carboxylic acids is 1. The van der Waals surface area contributed by atoms with Crippen LogP contribution in [-0.4, -0.2) is 25.9 Å². The fraction of sp³-hybridized carbons (Fsp3) is 0.0800. The number of alkyl halides is 3. The third kappa shape index (κ3) is 5.01. The van der Waals surface area contributed by atoms with Crippen LogP contribution in [0, 0.1) is 0 Å². The van der Waals surface area contributed by atoms with Crippen molar-refractivity contribution in [3.8, 4) is 5.75 Å². The second kappa shape index (κ2) is 9.34. The summed E-state index contributed by atoms with van der Waals surface area (Å²) in [4.78, 5) is 34.1. The summed E-state index contributed by atoms with van der Waals surface area (Å²) in [6, 6.07) is 14.7. The van der Waals surface area contributed by atoms with E-state index in [1.807, 2.05) is 0 Å². The largest absolute Gasteiger partial charge is 0.506 e. The fourth-order valence-corrected chi connectivity index (χ4v) is 3.34. The molecule has 0 amide bonds. The van der Waals surface area contributed by atoms with Crippen LogP contribution in [0.3, 0.4) is 0 Å². The van der Waals surface area contributed by atoms with Crippen molar-refractivity contribution >= 4 is 29.2 Å². The van der Waals surface area contributed by atoms with Crippen LogP contribution in [0.2, 0.25) is 0 Å². The van der Waals surface area contributed by atoms with E-state index in [2.05, 4.69) is 4.98 Å². The van der Waals surface area contributed by atoms with Crippen LogP contribution in [0.15, 0.2) is 71.7 Å². The Balaban J connectivity index is 1.72. The Morgan fingerprint density at radius 1 is 1.03 bits per heavy atom. The van der Waals surface area contributed by atoms with Gasteiger partial charge in [-0.15, -0.1) is 4.73 Å². The van der Waals surface area contributed by atoms with E-state index in [-0.39, 0.29) is 17.6 Å². The molecule has 2 heterocycles. The van der Waals surface area contributed by atoms with Crippen LogP contribution in [-0.2, 0) is 12.8 Å². The highest BCUT2D eigenvalue weighted by atomic mass is 19.4. The van der Waals surface area contributed by atoms with Gasteiger partial charge in [0, 0.05) is 6.20 Å². The number of nitrogens with zero attached hydrogens (tertiary/aromatic N) is 2. The van der Waals surface area contributed by atoms with Gasteiger partial charge in [0.2, 0.25) is 0 Å². The number of fused-ring (bicyclic) bond motifs is 1. The SMILES string of the molecule is O=C(O)c1c(O)c2cc(C=Cc3ccc(C(F)(F)F)cc3)cnc2n(OCc2ccccc2)c1=O. The zero-order chi connectivity index (χ0) is 25.2. The first kappa shape index (κ1) is 23.6. The molecule has 0 aliphatic heterocycles. The zero-order valence-electron chi connectivity index (χ0n) is 17.9. The van der Waals surface area contributed by atoms with E-state index in [0.29, 0.717) is 16.7 Å². The van der Waals surface area contributed by atoms with E-state index in [4.69, 9.17) is 4.84 Å². The second-order valence-electron chi connectivity index (χ2n) is 7.48. The molecule has 0 radical (unpaired) electrons. The first-order valence-corrected chi connectivity index (χ1v) is 10.2. The summed E-state index contributed by atoms with van der Waals surface area (Å²) in [5, 5.41) is 19.9. The highest BCUT2D eigenvalue weighted by Crippen LogP contribution is 2.30. The van der Waals surface area contributed by atoms with Crippen molar-refractivity contribution in [1.82, 2.24) is 9.71 Å². The molecule has 0 fully saturated rings. The molecule has 7 nitrogen and oxygen atoms in total. The van der Waals surface area contributed by atoms with Crippen molar-refractivity contribution in [2.24, 2.45) is 0 Å². The number of pyridine rings is 2. The lowest BCUT2D eigenvalue weighted by atomic mass is 10.1. The molecule has 0 spiro atoms. The average molecular weight is 482 g/mol. The number of aromatic nitrogens is 2. The normalized spacial score (nSPS) is 11.7. The van der Waals surface area contributed by atoms with E-state index >= 15 is 0 Å². The number of benzene rings is 2. The number of rotatable bonds is 6. The topological polar surface area (TPSA) is 102 Å². The van der Waals surface area contributed by atoms with Gasteiger partial charge in [-0.2, -0.15) is 13.2 Å². The lowest BCUT2D eigenvalue weighted by Gasteiger charge is -2.14. The van der Waals surface area contributed by atoms with Gasteiger partial charge in [-0.25, -0.2) is 9.78 Å². The number of hydrogen-bond acceptors (Lipinski definition) is 5. The summed E-state index contributed by atoms with van der Waals surface area (Å²) in [6.45, 7) is -0.0586. The summed E-state index contributed by atoms with van der Waals surface area (Å²) in [5.41, 5.74) is -1.24. The molecule has 0 atom stereocenters. The molecule has 2 aromatic heterocycles. The molecular formula is C25H17F3N2O5. The Labute approximate surface area is 195 Å². The molecule has 0 bridgehead atoms. The van der Waals surface area contributed by atoms with Gasteiger partial charge < -0.3 is 15.1 Å². The van der Waals surface area contributed by atoms with Crippen LogP contribution in [0.1, 0.15) is 32.6 Å². The minimum atomic E-state index is -4.44. The number of carboxylic acids is 1. The third-order valence-corrected chi connectivity index (χ3v) is 5.09. The van der Waals surface area contributed by atoms with E-state index in [0.717, 1.165) is 16.9 Å². The van der Waals surface area contributed by atoms with E-state index in [9.17, 15) is 33.0 Å². The van der Waals surface area contributed by atoms with Crippen molar-refractivity contribution in [1.29, 1.82) is 0 Å². The van der Waals surface area contributed by atoms with Gasteiger partial charge in [0.1, 0.15) is 12.4 Å². The minimum absolute atomic E-state index is 0.0513. The molecule has 35 heavy (non-hydrogen) atoms. The maximum atomic E-state index is 12.7. The third-order valence-electron chi connectivity index (χ3n) is 5.09. The molecule has 10 heteroatoms. The van der Waals surface area contributed by atoms with Gasteiger partial charge in [-0.1, -0.05) is 54.6 Å². The van der Waals surface area contributed by atoms with Crippen molar-refractivity contribution in [2.45, 2.75) is 12.8 Å². The second-order valence-corrected chi connectivity index (χ2v) is 7.48. The van der Waals surface area contributed by atoms with E-state index < -0.39 is 34.6 Å². The predicted molar refractivity (Wildman–Crippen MR) is 122 cm³/mol. The number of halogens is 3. The maximum Gasteiger partial charge on any atom is 0.416 e. The van der Waals surface area contributed by atoms with Crippen LogP contribution < -0.4 is 10.4 Å². The maximum absolute atomic E-state index is 12.7. The summed E-state index contributed by atoms with van der Waals surface area (Å²) >= 11 is 0. The van der Waals surface area contributed by atoms with Gasteiger partial charge in [-0.05, 0) is 34.9 Å². The van der Waals surface area contributed by atoms with Crippen molar-refractivity contribution in [3.63, 3.8) is 0 Å². The van der Waals surface area contributed by atoms with Crippen molar-refractivity contribution in [3.05, 3.63) is 105 Å². The van der Waals surface area contributed by atoms with Crippen LogP contribution >= 0.6 is 0 Å². The molecule has 178 valence electrons. The summed E-state index contributed by atoms with van der Waals surface area (Å²) in [5.74, 6) is -2.41. The van der Waals surface area contributed by atoms with Gasteiger partial charge >= 0.3 is 17.7 Å². The first-order valence-electron chi connectivity index (χ1n) is 10.2. The zero-order valence-corrected chi connectivity index (χ0v) is 17.9. The average Bonchev–Trinajstić information content (AvgIpc) is 2.83. The van der Waals surface area contributed by atoms with Gasteiger partial charge in [-0.3, -0.25) is 4.79 Å². The quantitative estimate of drug-likeness (QED) is 0.416. The smallest absolute Gasteiger partial charge is 0.416 e. The van der Waals surface area contributed by atoms with Gasteiger partial charge in [0.15, 0.2) is 11.2 Å². The van der Waals surface area contributed by atoms with Crippen LogP contribution in [0.5, 0.6) is 5.75 Å². The number of carbonyl (C=O) groups is 1. The number of aromatic hydroxyl groups is 1. The summed E-state index contributed by atoms with van der Waals surface area (Å²) in [6.07, 6.45) is -0.0395. The Hall–Kier alpha value is -4.60. The molecule has 0 saturated heterocycles. The fourth-order valence-electron chi connectivity index (χ4n) is 3.34. The molecule has 0 aliphatic carbocycles. The molecule has 4 rings (SSSR count). The van der Waals surface area contributed by atoms with Crippen molar-refractivity contribution in [2.75, 3.05) is 0 Å². The highest BCUT2D eigenvalue weighted by Gasteiger charge is 2.29. The van der Waals surface area contributed by atoms with Crippen LogP contribution in [0.25, 0.3) is 23.2 Å². The Morgan fingerprint density at radius 3 is 2.31 bits per heavy atom. The monoisotopic (exact) mass is 482 g/mol. The summed E-state index contributed by atoms with van der Waals surface area (Å²) < 4.78 is 38.9. The molecule has 2 N–H and O–H groups in total. The Morgan fingerprint density at radius 2 is 1.69 bits per heavy atom. The first-order chi connectivity index (χ1) is 16.6. The minimum Gasteiger partial charge on any atom is -0.506 e. The van der Waals surface area contributed by atoms with Crippen LogP contribution in [0.4, 0.5) is 13.2 Å². The molecule has 0 unspecified atom stereocenters. The Kier molecular flexibility index (Phi) is 6.28. The highest BCUT2D eigenvalue weighted by molar-refractivity contribution is 5.98. The van der Waals surface area contributed by atoms with E-state index in [1.165, 1.54) is 36.5 Å². The van der Waals surface area contributed by atoms with Gasteiger partial charge in [0.05, 0.1) is 10.9 Å². The number of hydrogen-bond donors (Lipinski definition) is 2. The molecule has 4 aromatic rings. The molecule has 0 aliphatic rings. The number of carboxylic acid groups (broad SMARTS) is 1. The molecular weight excluding hydrogens is 465 g/mol. The molecule has 2 aromatic carbocycles.